The van der Waals surface area contributed by atoms with Gasteiger partial charge in [-0.1, -0.05) is 18.2 Å². The molecule has 36 heavy (non-hydrogen) atoms. The molecule has 0 spiro atoms. The highest BCUT2D eigenvalue weighted by atomic mass is 16.6. The third kappa shape index (κ3) is 4.51. The molecule has 9 nitrogen and oxygen atoms in total. The Labute approximate surface area is 209 Å². The third-order valence-electron chi connectivity index (χ3n) is 6.32. The van der Waals surface area contributed by atoms with Gasteiger partial charge < -0.3 is 24.4 Å². The van der Waals surface area contributed by atoms with Crippen molar-refractivity contribution in [3.8, 4) is 28.5 Å². The molecular weight excluding hydrogens is 458 g/mol. The summed E-state index contributed by atoms with van der Waals surface area (Å²) < 4.78 is 18.2. The van der Waals surface area contributed by atoms with E-state index in [1.54, 1.807) is 26.4 Å². The molecule has 0 unspecified atom stereocenters. The number of amides is 1. The summed E-state index contributed by atoms with van der Waals surface area (Å²) in [5, 5.41) is 7.77. The van der Waals surface area contributed by atoms with Crippen LogP contribution >= 0.6 is 0 Å². The maximum Gasteiger partial charge on any atom is 0.412 e. The van der Waals surface area contributed by atoms with Gasteiger partial charge in [0.1, 0.15) is 5.75 Å². The number of ether oxygens (including phenoxy) is 3. The van der Waals surface area contributed by atoms with Crippen LogP contribution in [0.2, 0.25) is 0 Å². The number of carbonyl (C=O) groups excluding carboxylic acids is 1. The Kier molecular flexibility index (Phi) is 6.37. The van der Waals surface area contributed by atoms with Crippen molar-refractivity contribution >= 4 is 17.4 Å². The molecule has 0 radical (unpaired) electrons. The molecule has 0 aliphatic carbocycles. The van der Waals surface area contributed by atoms with Crippen LogP contribution in [0.1, 0.15) is 17.8 Å². The number of nitrogens with one attached hydrogen (secondary N) is 1. The second kappa shape index (κ2) is 9.77. The first-order valence-corrected chi connectivity index (χ1v) is 11.8. The smallest absolute Gasteiger partial charge is 0.412 e. The molecule has 2 aromatic carbocycles. The van der Waals surface area contributed by atoms with Gasteiger partial charge in [0.2, 0.25) is 0 Å². The number of nitrogens with zero attached hydrogens (tertiary/aromatic N) is 4. The van der Waals surface area contributed by atoms with Gasteiger partial charge in [0, 0.05) is 18.7 Å². The zero-order chi connectivity index (χ0) is 25.2. The van der Waals surface area contributed by atoms with Gasteiger partial charge in [-0.2, -0.15) is 5.10 Å². The quantitative estimate of drug-likeness (QED) is 0.431. The number of hydrogen-bond donors (Lipinski definition) is 1. The van der Waals surface area contributed by atoms with E-state index in [0.29, 0.717) is 23.8 Å². The Balaban J connectivity index is 1.41. The predicted molar refractivity (Wildman–Crippen MR) is 137 cm³/mol. The predicted octanol–water partition coefficient (Wildman–Crippen LogP) is 4.40. The molecule has 1 aliphatic heterocycles. The largest absolute Gasteiger partial charge is 0.493 e. The summed E-state index contributed by atoms with van der Waals surface area (Å²) >= 11 is 0. The Morgan fingerprint density at radius 2 is 1.81 bits per heavy atom. The van der Waals surface area contributed by atoms with Gasteiger partial charge in [-0.25, -0.2) is 14.3 Å². The second-order valence-corrected chi connectivity index (χ2v) is 8.80. The highest BCUT2D eigenvalue weighted by Crippen LogP contribution is 2.35. The maximum atomic E-state index is 12.4. The number of imidazole rings is 1. The van der Waals surface area contributed by atoms with Gasteiger partial charge in [-0.3, -0.25) is 0 Å². The van der Waals surface area contributed by atoms with Gasteiger partial charge >= 0.3 is 6.09 Å². The first kappa shape index (κ1) is 23.5. The van der Waals surface area contributed by atoms with Gasteiger partial charge in [-0.05, 0) is 56.7 Å². The fourth-order valence-corrected chi connectivity index (χ4v) is 4.67. The summed E-state index contributed by atoms with van der Waals surface area (Å²) in [4.78, 5) is 19.5. The average molecular weight is 488 g/mol. The van der Waals surface area contributed by atoms with Crippen molar-refractivity contribution in [2.24, 2.45) is 0 Å². The molecule has 4 aromatic rings. The van der Waals surface area contributed by atoms with E-state index >= 15 is 0 Å². The van der Waals surface area contributed by atoms with Crippen molar-refractivity contribution in [3.63, 3.8) is 0 Å². The van der Waals surface area contributed by atoms with Crippen LogP contribution in [0.3, 0.4) is 0 Å². The molecular formula is C27H29N5O4. The van der Waals surface area contributed by atoms with Gasteiger partial charge in [0.25, 0.3) is 0 Å². The first-order chi connectivity index (χ1) is 17.5. The van der Waals surface area contributed by atoms with Crippen LogP contribution in [0.4, 0.5) is 10.5 Å². The van der Waals surface area contributed by atoms with E-state index in [-0.39, 0.29) is 6.04 Å². The molecule has 0 bridgehead atoms. The molecule has 2 aromatic heterocycles. The highest BCUT2D eigenvalue weighted by Gasteiger charge is 2.28. The average Bonchev–Trinajstić information content (AvgIpc) is 3.47. The Hall–Kier alpha value is -4.27. The molecule has 1 amide bonds. The lowest BCUT2D eigenvalue weighted by molar-refractivity contribution is 0.197. The van der Waals surface area contributed by atoms with Crippen LogP contribution in [-0.4, -0.2) is 54.0 Å². The standard InChI is InChI=1S/C27H29N5O4/c1-17-14-22(31-13-12-20(16-31)29-27(33)36-21-8-6-5-7-9-21)26-28-18(2)25(32(26)30-17)19-10-11-23(34-3)24(15-19)35-4/h5-11,14-15,20H,12-13,16H2,1-4H3,(H,29,33)/t20-/m1/s1. The molecule has 1 saturated heterocycles. The Morgan fingerprint density at radius 1 is 1.03 bits per heavy atom. The van der Waals surface area contributed by atoms with Crippen molar-refractivity contribution in [3.05, 3.63) is 66.0 Å². The van der Waals surface area contributed by atoms with Crippen molar-refractivity contribution in [2.75, 3.05) is 32.2 Å². The molecule has 0 saturated carbocycles. The zero-order valence-corrected chi connectivity index (χ0v) is 20.8. The molecule has 1 N–H and O–H groups in total. The van der Waals surface area contributed by atoms with E-state index in [1.165, 1.54) is 0 Å². The van der Waals surface area contributed by atoms with Crippen LogP contribution in [-0.2, 0) is 0 Å². The number of aryl methyl sites for hydroxylation is 2. The number of para-hydroxylation sites is 1. The zero-order valence-electron chi connectivity index (χ0n) is 20.8. The topological polar surface area (TPSA) is 90.2 Å². The number of fused-ring (bicyclic) bond motifs is 1. The second-order valence-electron chi connectivity index (χ2n) is 8.80. The number of benzene rings is 2. The SMILES string of the molecule is COc1ccc(-c2c(C)nc3c(N4CC[C@@H](NC(=O)Oc5ccccc5)C4)cc(C)nn23)cc1OC. The molecule has 1 fully saturated rings. The van der Waals surface area contributed by atoms with E-state index < -0.39 is 6.09 Å². The fraction of sp³-hybridized carbons (Fsp3) is 0.296. The van der Waals surface area contributed by atoms with Crippen LogP contribution in [0.5, 0.6) is 17.2 Å². The molecule has 186 valence electrons. The van der Waals surface area contributed by atoms with Crippen molar-refractivity contribution in [1.29, 1.82) is 0 Å². The first-order valence-electron chi connectivity index (χ1n) is 11.8. The number of anilines is 1. The number of hydrogen-bond acceptors (Lipinski definition) is 7. The molecule has 1 aliphatic rings. The van der Waals surface area contributed by atoms with Crippen molar-refractivity contribution in [2.45, 2.75) is 26.3 Å². The minimum absolute atomic E-state index is 0.0314. The highest BCUT2D eigenvalue weighted by molar-refractivity contribution is 5.77. The van der Waals surface area contributed by atoms with Gasteiger partial charge in [0.15, 0.2) is 17.1 Å². The lowest BCUT2D eigenvalue weighted by Gasteiger charge is -2.20. The number of aromatic nitrogens is 3. The fourth-order valence-electron chi connectivity index (χ4n) is 4.67. The maximum absolute atomic E-state index is 12.4. The summed E-state index contributed by atoms with van der Waals surface area (Å²) in [5.74, 6) is 1.83. The van der Waals surface area contributed by atoms with Crippen LogP contribution in [0.15, 0.2) is 54.6 Å². The molecule has 3 heterocycles. The lowest BCUT2D eigenvalue weighted by Crippen LogP contribution is -2.38. The molecule has 1 atom stereocenters. The summed E-state index contributed by atoms with van der Waals surface area (Å²) in [5.41, 5.74) is 5.33. The van der Waals surface area contributed by atoms with E-state index in [1.807, 2.05) is 60.8 Å². The van der Waals surface area contributed by atoms with E-state index in [9.17, 15) is 4.79 Å². The summed E-state index contributed by atoms with van der Waals surface area (Å²) in [6.45, 7) is 5.39. The van der Waals surface area contributed by atoms with Crippen LogP contribution in [0, 0.1) is 13.8 Å². The Morgan fingerprint density at radius 3 is 2.56 bits per heavy atom. The lowest BCUT2D eigenvalue weighted by atomic mass is 10.1. The summed E-state index contributed by atoms with van der Waals surface area (Å²) in [6.07, 6.45) is 0.358. The number of rotatable bonds is 6. The Bertz CT molecular complexity index is 1400. The summed E-state index contributed by atoms with van der Waals surface area (Å²) in [6, 6.07) is 16.9. The monoisotopic (exact) mass is 487 g/mol. The van der Waals surface area contributed by atoms with Crippen LogP contribution in [0.25, 0.3) is 16.9 Å². The third-order valence-corrected chi connectivity index (χ3v) is 6.32. The van der Waals surface area contributed by atoms with E-state index in [2.05, 4.69) is 10.2 Å². The molecule has 9 heteroatoms. The van der Waals surface area contributed by atoms with Crippen LogP contribution < -0.4 is 24.4 Å². The minimum atomic E-state index is -0.448. The molecule has 5 rings (SSSR count). The normalized spacial score (nSPS) is 15.2. The van der Waals surface area contributed by atoms with E-state index in [4.69, 9.17) is 24.3 Å². The van der Waals surface area contributed by atoms with Crippen molar-refractivity contribution < 1.29 is 19.0 Å². The van der Waals surface area contributed by atoms with Crippen molar-refractivity contribution in [1.82, 2.24) is 19.9 Å². The van der Waals surface area contributed by atoms with E-state index in [0.717, 1.165) is 46.9 Å². The number of methoxy groups -OCH3 is 2. The van der Waals surface area contributed by atoms with Gasteiger partial charge in [0.05, 0.1) is 43.0 Å². The number of carbonyl (C=O) groups is 1. The van der Waals surface area contributed by atoms with Gasteiger partial charge in [-0.15, -0.1) is 0 Å². The summed E-state index contributed by atoms with van der Waals surface area (Å²) in [7, 11) is 3.24. The minimum Gasteiger partial charge on any atom is -0.493 e.